The molecule has 0 bridgehead atoms. The van der Waals surface area contributed by atoms with Gasteiger partial charge in [-0.1, -0.05) is 0 Å². The lowest BCUT2D eigenvalue weighted by atomic mass is 10.1. The number of ether oxygens (including phenoxy) is 1. The van der Waals surface area contributed by atoms with Gasteiger partial charge < -0.3 is 4.74 Å². The molecular formula is C9H10N2O3S. The molecule has 1 rings (SSSR count). The van der Waals surface area contributed by atoms with Crippen molar-refractivity contribution >= 4 is 10.0 Å². The zero-order valence-corrected chi connectivity index (χ0v) is 9.13. The van der Waals surface area contributed by atoms with Gasteiger partial charge in [0.15, 0.2) is 0 Å². The average Bonchev–Trinajstić information content (AvgIpc) is 2.15. The number of hydrogen-bond donors (Lipinski definition) is 1. The lowest BCUT2D eigenvalue weighted by molar-refractivity contribution is 0.411. The standard InChI is InChI=1S/C9H10N2O3S/c1-6-3-7(15(11,12)13)4-9(14-2)8(6)5-10/h3-4H,1-2H3,(H2,11,12,13). The van der Waals surface area contributed by atoms with Crippen LogP contribution in [-0.2, 0) is 10.0 Å². The van der Waals surface area contributed by atoms with E-state index in [1.807, 2.05) is 6.07 Å². The smallest absolute Gasteiger partial charge is 0.238 e. The maximum Gasteiger partial charge on any atom is 0.238 e. The number of primary sulfonamides is 1. The van der Waals surface area contributed by atoms with Crippen LogP contribution in [0, 0.1) is 18.3 Å². The highest BCUT2D eigenvalue weighted by Gasteiger charge is 2.14. The second kappa shape index (κ2) is 3.88. The molecule has 80 valence electrons. The van der Waals surface area contributed by atoms with E-state index in [2.05, 4.69) is 0 Å². The van der Waals surface area contributed by atoms with Crippen molar-refractivity contribution in [2.24, 2.45) is 5.14 Å². The van der Waals surface area contributed by atoms with Gasteiger partial charge in [-0.3, -0.25) is 0 Å². The van der Waals surface area contributed by atoms with Gasteiger partial charge in [-0.05, 0) is 18.6 Å². The Morgan fingerprint density at radius 3 is 2.47 bits per heavy atom. The van der Waals surface area contributed by atoms with E-state index in [1.54, 1.807) is 6.92 Å². The van der Waals surface area contributed by atoms with Gasteiger partial charge in [0.1, 0.15) is 11.8 Å². The summed E-state index contributed by atoms with van der Waals surface area (Å²) in [4.78, 5) is -0.0594. The van der Waals surface area contributed by atoms with Crippen LogP contribution in [0.4, 0.5) is 0 Å². The third-order valence-electron chi connectivity index (χ3n) is 1.93. The molecule has 1 aromatic carbocycles. The topological polar surface area (TPSA) is 93.2 Å². The molecule has 0 atom stereocenters. The first-order chi connectivity index (χ1) is 6.90. The Kier molecular flexibility index (Phi) is 2.98. The zero-order valence-electron chi connectivity index (χ0n) is 8.31. The van der Waals surface area contributed by atoms with E-state index in [0.29, 0.717) is 11.1 Å². The van der Waals surface area contributed by atoms with E-state index in [1.165, 1.54) is 19.2 Å². The molecule has 0 amide bonds. The molecule has 0 saturated heterocycles. The maximum absolute atomic E-state index is 11.1. The van der Waals surface area contributed by atoms with Crippen LogP contribution in [0.5, 0.6) is 5.75 Å². The summed E-state index contributed by atoms with van der Waals surface area (Å²) in [6.07, 6.45) is 0. The number of nitrogens with zero attached hydrogens (tertiary/aromatic N) is 1. The molecule has 0 fully saturated rings. The quantitative estimate of drug-likeness (QED) is 0.795. The number of methoxy groups -OCH3 is 1. The highest BCUT2D eigenvalue weighted by Crippen LogP contribution is 2.25. The van der Waals surface area contributed by atoms with E-state index in [9.17, 15) is 8.42 Å². The fourth-order valence-corrected chi connectivity index (χ4v) is 1.80. The van der Waals surface area contributed by atoms with Crippen molar-refractivity contribution in [3.05, 3.63) is 23.3 Å². The first-order valence-electron chi connectivity index (χ1n) is 4.01. The van der Waals surface area contributed by atoms with Gasteiger partial charge in [0.2, 0.25) is 10.0 Å². The van der Waals surface area contributed by atoms with Crippen molar-refractivity contribution in [1.82, 2.24) is 0 Å². The highest BCUT2D eigenvalue weighted by atomic mass is 32.2. The number of benzene rings is 1. The van der Waals surface area contributed by atoms with Gasteiger partial charge in [-0.15, -0.1) is 0 Å². The second-order valence-electron chi connectivity index (χ2n) is 2.97. The summed E-state index contributed by atoms with van der Waals surface area (Å²) in [5.74, 6) is 0.210. The minimum absolute atomic E-state index is 0.0594. The Morgan fingerprint density at radius 2 is 2.07 bits per heavy atom. The maximum atomic E-state index is 11.1. The first kappa shape index (κ1) is 11.5. The summed E-state index contributed by atoms with van der Waals surface area (Å²) >= 11 is 0. The van der Waals surface area contributed by atoms with Crippen molar-refractivity contribution in [3.63, 3.8) is 0 Å². The SMILES string of the molecule is COc1cc(S(N)(=O)=O)cc(C)c1C#N. The lowest BCUT2D eigenvalue weighted by Crippen LogP contribution is -2.12. The molecule has 0 radical (unpaired) electrons. The first-order valence-corrected chi connectivity index (χ1v) is 5.56. The van der Waals surface area contributed by atoms with E-state index < -0.39 is 10.0 Å². The summed E-state index contributed by atoms with van der Waals surface area (Å²) in [5.41, 5.74) is 0.825. The number of nitrogens with two attached hydrogens (primary N) is 1. The monoisotopic (exact) mass is 226 g/mol. The Morgan fingerprint density at radius 1 is 1.47 bits per heavy atom. The third kappa shape index (κ3) is 2.26. The highest BCUT2D eigenvalue weighted by molar-refractivity contribution is 7.89. The summed E-state index contributed by atoms with van der Waals surface area (Å²) in [6, 6.07) is 4.51. The summed E-state index contributed by atoms with van der Waals surface area (Å²) in [7, 11) is -2.41. The summed E-state index contributed by atoms with van der Waals surface area (Å²) < 4.78 is 27.1. The number of sulfonamides is 1. The van der Waals surface area contributed by atoms with Crippen molar-refractivity contribution < 1.29 is 13.2 Å². The summed E-state index contributed by atoms with van der Waals surface area (Å²) in [6.45, 7) is 1.62. The minimum atomic E-state index is -3.77. The van der Waals surface area contributed by atoms with E-state index in [4.69, 9.17) is 15.1 Å². The molecule has 0 aliphatic carbocycles. The Hall–Kier alpha value is -1.58. The molecule has 0 unspecified atom stereocenters. The number of aryl methyl sites for hydroxylation is 1. The Balaban J connectivity index is 3.54. The molecule has 0 aliphatic rings. The molecule has 15 heavy (non-hydrogen) atoms. The zero-order chi connectivity index (χ0) is 11.6. The molecule has 0 aromatic heterocycles. The van der Waals surface area contributed by atoms with Crippen molar-refractivity contribution in [3.8, 4) is 11.8 Å². The van der Waals surface area contributed by atoms with Crippen LogP contribution in [0.2, 0.25) is 0 Å². The Labute approximate surface area is 88.1 Å². The van der Waals surface area contributed by atoms with Gasteiger partial charge >= 0.3 is 0 Å². The third-order valence-corrected chi connectivity index (χ3v) is 2.83. The predicted molar refractivity (Wildman–Crippen MR) is 53.8 cm³/mol. The van der Waals surface area contributed by atoms with Crippen LogP contribution in [0.1, 0.15) is 11.1 Å². The fraction of sp³-hybridized carbons (Fsp3) is 0.222. The minimum Gasteiger partial charge on any atom is -0.495 e. The number of rotatable bonds is 2. The molecule has 0 spiro atoms. The number of nitriles is 1. The van der Waals surface area contributed by atoms with Crippen LogP contribution in [0.3, 0.4) is 0 Å². The van der Waals surface area contributed by atoms with Gasteiger partial charge in [0, 0.05) is 6.07 Å². The van der Waals surface area contributed by atoms with E-state index in [0.717, 1.165) is 0 Å². The summed E-state index contributed by atoms with van der Waals surface area (Å²) in [5, 5.41) is 13.8. The lowest BCUT2D eigenvalue weighted by Gasteiger charge is -2.07. The van der Waals surface area contributed by atoms with Gasteiger partial charge in [-0.2, -0.15) is 5.26 Å². The van der Waals surface area contributed by atoms with Gasteiger partial charge in [-0.25, -0.2) is 13.6 Å². The second-order valence-corrected chi connectivity index (χ2v) is 4.54. The van der Waals surface area contributed by atoms with E-state index in [-0.39, 0.29) is 10.6 Å². The van der Waals surface area contributed by atoms with Crippen molar-refractivity contribution in [2.75, 3.05) is 7.11 Å². The number of hydrogen-bond acceptors (Lipinski definition) is 4. The fourth-order valence-electron chi connectivity index (χ4n) is 1.19. The van der Waals surface area contributed by atoms with Crippen LogP contribution in [0.15, 0.2) is 17.0 Å². The predicted octanol–water partition coefficient (Wildman–Crippen LogP) is 0.523. The van der Waals surface area contributed by atoms with Crippen molar-refractivity contribution in [1.29, 1.82) is 5.26 Å². The van der Waals surface area contributed by atoms with E-state index >= 15 is 0 Å². The molecule has 2 N–H and O–H groups in total. The average molecular weight is 226 g/mol. The largest absolute Gasteiger partial charge is 0.495 e. The van der Waals surface area contributed by atoms with Crippen LogP contribution in [0.25, 0.3) is 0 Å². The van der Waals surface area contributed by atoms with Crippen LogP contribution < -0.4 is 9.88 Å². The van der Waals surface area contributed by atoms with Gasteiger partial charge in [0.25, 0.3) is 0 Å². The molecule has 1 aromatic rings. The van der Waals surface area contributed by atoms with Crippen LogP contribution in [-0.4, -0.2) is 15.5 Å². The molecule has 5 nitrogen and oxygen atoms in total. The molecule has 0 saturated carbocycles. The van der Waals surface area contributed by atoms with Crippen LogP contribution >= 0.6 is 0 Å². The normalized spacial score (nSPS) is 10.8. The molecule has 6 heteroatoms. The Bertz CT molecular complexity index is 529. The molecular weight excluding hydrogens is 216 g/mol. The molecule has 0 aliphatic heterocycles. The molecule has 0 heterocycles. The van der Waals surface area contributed by atoms with Gasteiger partial charge in [0.05, 0.1) is 17.6 Å². The van der Waals surface area contributed by atoms with Crippen molar-refractivity contribution in [2.45, 2.75) is 11.8 Å².